The quantitative estimate of drug-likeness (QED) is 0.186. The molecule has 0 saturated carbocycles. The maximum absolute atomic E-state index is 12.8. The maximum Gasteiger partial charge on any atom is 0.573 e. The Kier molecular flexibility index (Phi) is 7.82. The number of hydrogen-bond donors (Lipinski definition) is 2. The molecule has 2 aromatic carbocycles. The molecule has 16 heteroatoms. The second-order valence-corrected chi connectivity index (χ2v) is 10.9. The Labute approximate surface area is 240 Å². The highest BCUT2D eigenvalue weighted by atomic mass is 32.2. The van der Waals surface area contributed by atoms with Crippen molar-refractivity contribution < 1.29 is 40.4 Å². The van der Waals surface area contributed by atoms with E-state index in [1.807, 2.05) is 0 Å². The average molecular weight is 618 g/mol. The molecule has 5 aromatic rings. The number of sulfonamides is 1. The third-order valence-corrected chi connectivity index (χ3v) is 7.93. The lowest BCUT2D eigenvalue weighted by Gasteiger charge is -2.10. The number of pyridine rings is 1. The van der Waals surface area contributed by atoms with E-state index >= 15 is 0 Å². The molecule has 0 aliphatic heterocycles. The first kappa shape index (κ1) is 28.6. The molecule has 0 saturated heterocycles. The zero-order chi connectivity index (χ0) is 29.9. The van der Waals surface area contributed by atoms with Crippen LogP contribution in [0.5, 0.6) is 5.75 Å². The standard InChI is InChI=1S/C26H18F3N5O6S2/c1-38-25(35)22-20(11-13-41-22)42(36,37)34-18-4-2-15(3-5-18)24-32-23(33-40-24)16-10-12-30-21(14-16)31-17-6-8-19(9-7-17)39-26(27,28)29/h2-14,34H,1H3,(H,30,31). The number of carbonyl (C=O) groups excluding carboxylic acids is 1. The summed E-state index contributed by atoms with van der Waals surface area (Å²) >= 11 is 0.955. The minimum absolute atomic E-state index is 0.0390. The number of nitrogens with one attached hydrogen (secondary N) is 2. The normalized spacial score (nSPS) is 11.6. The van der Waals surface area contributed by atoms with Crippen LogP contribution in [0.1, 0.15) is 9.67 Å². The molecule has 0 amide bonds. The summed E-state index contributed by atoms with van der Waals surface area (Å²) in [4.78, 5) is 20.2. The molecule has 11 nitrogen and oxygen atoms in total. The average Bonchev–Trinajstić information content (AvgIpc) is 3.65. The number of esters is 1. The van der Waals surface area contributed by atoms with E-state index in [1.54, 1.807) is 24.3 Å². The van der Waals surface area contributed by atoms with E-state index < -0.39 is 22.4 Å². The lowest BCUT2D eigenvalue weighted by atomic mass is 10.2. The maximum atomic E-state index is 12.8. The van der Waals surface area contributed by atoms with Crippen molar-refractivity contribution >= 4 is 44.5 Å². The van der Waals surface area contributed by atoms with Gasteiger partial charge in [0.15, 0.2) is 0 Å². The highest BCUT2D eigenvalue weighted by molar-refractivity contribution is 7.93. The SMILES string of the molecule is COC(=O)c1sccc1S(=O)(=O)Nc1ccc(-c2nc(-c3ccnc(Nc4ccc(OC(F)(F)F)cc4)c3)no2)cc1. The summed E-state index contributed by atoms with van der Waals surface area (Å²) in [6, 6.07) is 15.9. The lowest BCUT2D eigenvalue weighted by molar-refractivity contribution is -0.274. The van der Waals surface area contributed by atoms with Crippen LogP contribution in [0.4, 0.5) is 30.4 Å². The summed E-state index contributed by atoms with van der Waals surface area (Å²) in [5.74, 6) is -0.326. The number of methoxy groups -OCH3 is 1. The van der Waals surface area contributed by atoms with Crippen LogP contribution in [0.15, 0.2) is 87.7 Å². The Hall–Kier alpha value is -4.96. The molecular weight excluding hydrogens is 599 g/mol. The van der Waals surface area contributed by atoms with E-state index in [9.17, 15) is 26.4 Å². The van der Waals surface area contributed by atoms with Crippen molar-refractivity contribution in [3.63, 3.8) is 0 Å². The van der Waals surface area contributed by atoms with Crippen molar-refractivity contribution in [3.8, 4) is 28.6 Å². The number of ether oxygens (including phenoxy) is 2. The molecule has 5 rings (SSSR count). The van der Waals surface area contributed by atoms with Gasteiger partial charge in [-0.2, -0.15) is 4.98 Å². The van der Waals surface area contributed by atoms with Crippen molar-refractivity contribution in [1.29, 1.82) is 0 Å². The molecule has 0 radical (unpaired) electrons. The molecule has 0 atom stereocenters. The van der Waals surface area contributed by atoms with Crippen molar-refractivity contribution in [2.24, 2.45) is 0 Å². The van der Waals surface area contributed by atoms with Crippen LogP contribution < -0.4 is 14.8 Å². The fraction of sp³-hybridized carbons (Fsp3) is 0.0769. The Bertz CT molecular complexity index is 1820. The van der Waals surface area contributed by atoms with Gasteiger partial charge in [0.1, 0.15) is 21.3 Å². The number of halogens is 3. The number of aromatic nitrogens is 3. The minimum Gasteiger partial charge on any atom is -0.465 e. The zero-order valence-corrected chi connectivity index (χ0v) is 22.9. The van der Waals surface area contributed by atoms with Crippen LogP contribution in [0.25, 0.3) is 22.8 Å². The monoisotopic (exact) mass is 617 g/mol. The molecule has 0 bridgehead atoms. The summed E-state index contributed by atoms with van der Waals surface area (Å²) < 4.78 is 79.0. The smallest absolute Gasteiger partial charge is 0.465 e. The Balaban J connectivity index is 1.27. The molecule has 0 fully saturated rings. The van der Waals surface area contributed by atoms with Gasteiger partial charge in [-0.15, -0.1) is 24.5 Å². The molecule has 216 valence electrons. The third kappa shape index (κ3) is 6.67. The second kappa shape index (κ2) is 11.5. The van der Waals surface area contributed by atoms with E-state index in [0.29, 0.717) is 22.6 Å². The third-order valence-electron chi connectivity index (χ3n) is 5.48. The number of thiophene rings is 1. The van der Waals surface area contributed by atoms with Crippen LogP contribution in [0.2, 0.25) is 0 Å². The number of anilines is 3. The first-order chi connectivity index (χ1) is 20.0. The van der Waals surface area contributed by atoms with Crippen molar-refractivity contribution in [3.05, 3.63) is 83.2 Å². The van der Waals surface area contributed by atoms with Gasteiger partial charge in [0.25, 0.3) is 15.9 Å². The summed E-state index contributed by atoms with van der Waals surface area (Å²) in [6.07, 6.45) is -3.29. The summed E-state index contributed by atoms with van der Waals surface area (Å²) in [5.41, 5.74) is 1.76. The van der Waals surface area contributed by atoms with Gasteiger partial charge in [-0.25, -0.2) is 18.2 Å². The molecule has 0 unspecified atom stereocenters. The van der Waals surface area contributed by atoms with E-state index in [0.717, 1.165) is 11.3 Å². The van der Waals surface area contributed by atoms with E-state index in [4.69, 9.17) is 4.52 Å². The minimum atomic E-state index is -4.78. The molecule has 3 aromatic heterocycles. The van der Waals surface area contributed by atoms with Gasteiger partial charge in [0.2, 0.25) is 5.82 Å². The van der Waals surface area contributed by atoms with Gasteiger partial charge >= 0.3 is 12.3 Å². The van der Waals surface area contributed by atoms with Gasteiger partial charge in [-0.05, 0) is 72.1 Å². The predicted octanol–water partition coefficient (Wildman–Crippen LogP) is 6.09. The van der Waals surface area contributed by atoms with Crippen molar-refractivity contribution in [2.75, 3.05) is 17.1 Å². The number of carbonyl (C=O) groups is 1. The summed E-state index contributed by atoms with van der Waals surface area (Å²) in [6.45, 7) is 0. The van der Waals surface area contributed by atoms with Gasteiger partial charge in [0.05, 0.1) is 7.11 Å². The van der Waals surface area contributed by atoms with Crippen LogP contribution >= 0.6 is 11.3 Å². The molecule has 0 spiro atoms. The van der Waals surface area contributed by atoms with Gasteiger partial charge < -0.3 is 19.3 Å². The molecule has 42 heavy (non-hydrogen) atoms. The molecule has 2 N–H and O–H groups in total. The van der Waals surface area contributed by atoms with Crippen molar-refractivity contribution in [2.45, 2.75) is 11.3 Å². The largest absolute Gasteiger partial charge is 0.573 e. The second-order valence-electron chi connectivity index (χ2n) is 8.34. The molecule has 3 heterocycles. The topological polar surface area (TPSA) is 146 Å². The number of nitrogens with zero attached hydrogens (tertiary/aromatic N) is 3. The zero-order valence-electron chi connectivity index (χ0n) is 21.2. The number of benzene rings is 2. The predicted molar refractivity (Wildman–Crippen MR) is 146 cm³/mol. The number of rotatable bonds is 9. The van der Waals surface area contributed by atoms with E-state index in [2.05, 4.69) is 34.6 Å². The Morgan fingerprint density at radius 3 is 2.38 bits per heavy atom. The number of alkyl halides is 3. The first-order valence-electron chi connectivity index (χ1n) is 11.7. The van der Waals surface area contributed by atoms with Gasteiger partial charge in [-0.1, -0.05) is 5.16 Å². The first-order valence-corrected chi connectivity index (χ1v) is 14.1. The van der Waals surface area contributed by atoms with Crippen LogP contribution in [0.3, 0.4) is 0 Å². The highest BCUT2D eigenvalue weighted by Crippen LogP contribution is 2.29. The van der Waals surface area contributed by atoms with E-state index in [1.165, 1.54) is 61.2 Å². The van der Waals surface area contributed by atoms with Crippen LogP contribution in [-0.4, -0.2) is 43.0 Å². The molecule has 0 aliphatic carbocycles. The van der Waals surface area contributed by atoms with Crippen LogP contribution in [-0.2, 0) is 14.8 Å². The summed E-state index contributed by atoms with van der Waals surface area (Å²) in [5, 5.41) is 8.44. The summed E-state index contributed by atoms with van der Waals surface area (Å²) in [7, 11) is -2.89. The molecular formula is C26H18F3N5O6S2. The van der Waals surface area contributed by atoms with E-state index in [-0.39, 0.29) is 32.9 Å². The van der Waals surface area contributed by atoms with Crippen molar-refractivity contribution in [1.82, 2.24) is 15.1 Å². The van der Waals surface area contributed by atoms with Gasteiger partial charge in [0, 0.05) is 28.7 Å². The Morgan fingerprint density at radius 2 is 1.69 bits per heavy atom. The molecule has 0 aliphatic rings. The highest BCUT2D eigenvalue weighted by Gasteiger charge is 2.31. The van der Waals surface area contributed by atoms with Gasteiger partial charge in [-0.3, -0.25) is 4.72 Å². The Morgan fingerprint density at radius 1 is 0.976 bits per heavy atom. The number of hydrogen-bond acceptors (Lipinski definition) is 11. The fourth-order valence-electron chi connectivity index (χ4n) is 3.63. The van der Waals surface area contributed by atoms with Crippen LogP contribution in [0, 0.1) is 0 Å². The lowest BCUT2D eigenvalue weighted by Crippen LogP contribution is -2.16. The fourth-order valence-corrected chi connectivity index (χ4v) is 6.02.